The zero-order chi connectivity index (χ0) is 15.3. The Morgan fingerprint density at radius 2 is 2.05 bits per heavy atom. The number of carboxylic acids is 1. The molecule has 8 heteroatoms. The van der Waals surface area contributed by atoms with E-state index < -0.39 is 24.6 Å². The maximum absolute atomic E-state index is 12.2. The van der Waals surface area contributed by atoms with E-state index >= 15 is 0 Å². The van der Waals surface area contributed by atoms with Gasteiger partial charge in [0.2, 0.25) is 0 Å². The average Bonchev–Trinajstić information content (AvgIpc) is 2.33. The van der Waals surface area contributed by atoms with E-state index in [2.05, 4.69) is 4.98 Å². The maximum atomic E-state index is 12.2. The first-order valence-electron chi connectivity index (χ1n) is 5.37. The van der Waals surface area contributed by atoms with Gasteiger partial charge in [0.25, 0.3) is 5.91 Å². The van der Waals surface area contributed by atoms with E-state index in [4.69, 9.17) is 5.11 Å². The second kappa shape index (κ2) is 6.18. The molecule has 0 saturated carbocycles. The summed E-state index contributed by atoms with van der Waals surface area (Å²) in [5.41, 5.74) is 0.253. The van der Waals surface area contributed by atoms with E-state index in [1.165, 1.54) is 18.3 Å². The highest BCUT2D eigenvalue weighted by molar-refractivity contribution is 5.94. The second-order valence-electron chi connectivity index (χ2n) is 3.95. The van der Waals surface area contributed by atoms with Crippen molar-refractivity contribution >= 4 is 18.0 Å². The first-order chi connectivity index (χ1) is 9.19. The quantitative estimate of drug-likeness (QED) is 0.858. The summed E-state index contributed by atoms with van der Waals surface area (Å²) >= 11 is 0. The van der Waals surface area contributed by atoms with Gasteiger partial charge in [-0.3, -0.25) is 9.78 Å². The third-order valence-corrected chi connectivity index (χ3v) is 2.19. The third kappa shape index (κ3) is 5.09. The van der Waals surface area contributed by atoms with Gasteiger partial charge >= 0.3 is 12.1 Å². The van der Waals surface area contributed by atoms with Gasteiger partial charge in [-0.2, -0.15) is 13.2 Å². The monoisotopic (exact) mass is 288 g/mol. The van der Waals surface area contributed by atoms with Gasteiger partial charge in [0, 0.05) is 25.5 Å². The molecule has 0 saturated heterocycles. The van der Waals surface area contributed by atoms with Crippen LogP contribution in [0, 0.1) is 0 Å². The van der Waals surface area contributed by atoms with Gasteiger partial charge < -0.3 is 10.0 Å². The zero-order valence-corrected chi connectivity index (χ0v) is 10.4. The summed E-state index contributed by atoms with van der Waals surface area (Å²) in [6.45, 7) is -1.37. The minimum Gasteiger partial charge on any atom is -0.478 e. The summed E-state index contributed by atoms with van der Waals surface area (Å²) in [5.74, 6) is -2.03. The van der Waals surface area contributed by atoms with Crippen molar-refractivity contribution < 1.29 is 27.9 Å². The lowest BCUT2D eigenvalue weighted by Gasteiger charge is -2.18. The van der Waals surface area contributed by atoms with Crippen LogP contribution in [0.2, 0.25) is 0 Å². The van der Waals surface area contributed by atoms with E-state index in [1.54, 1.807) is 0 Å². The molecule has 0 aliphatic heterocycles. The van der Waals surface area contributed by atoms with Gasteiger partial charge in [-0.1, -0.05) is 0 Å². The van der Waals surface area contributed by atoms with Crippen molar-refractivity contribution in [3.05, 3.63) is 35.7 Å². The molecule has 20 heavy (non-hydrogen) atoms. The van der Waals surface area contributed by atoms with Crippen LogP contribution in [0.5, 0.6) is 0 Å². The van der Waals surface area contributed by atoms with Gasteiger partial charge in [0.1, 0.15) is 6.54 Å². The number of alkyl halides is 3. The highest BCUT2D eigenvalue weighted by Crippen LogP contribution is 2.17. The molecule has 108 valence electrons. The molecule has 0 unspecified atom stereocenters. The number of halogens is 3. The van der Waals surface area contributed by atoms with Crippen molar-refractivity contribution in [2.75, 3.05) is 13.6 Å². The number of pyridine rings is 1. The number of hydrogen-bond acceptors (Lipinski definition) is 3. The molecule has 1 rings (SSSR count). The number of nitrogens with zero attached hydrogens (tertiary/aromatic N) is 2. The fourth-order valence-corrected chi connectivity index (χ4v) is 1.39. The largest absolute Gasteiger partial charge is 0.478 e. The van der Waals surface area contributed by atoms with Gasteiger partial charge in [-0.05, 0) is 17.7 Å². The number of rotatable bonds is 4. The van der Waals surface area contributed by atoms with Crippen molar-refractivity contribution in [2.45, 2.75) is 6.18 Å². The highest BCUT2D eigenvalue weighted by atomic mass is 19.4. The molecule has 1 aromatic heterocycles. The molecule has 0 spiro atoms. The molecule has 1 N–H and O–H groups in total. The number of carbonyl (C=O) groups excluding carboxylic acids is 1. The molecule has 0 aliphatic rings. The van der Waals surface area contributed by atoms with Crippen LogP contribution in [0.3, 0.4) is 0 Å². The van der Waals surface area contributed by atoms with Crippen LogP contribution in [0.4, 0.5) is 13.2 Å². The van der Waals surface area contributed by atoms with Crippen LogP contribution in [0.1, 0.15) is 15.9 Å². The minimum absolute atomic E-state index is 0.0516. The fraction of sp³-hybridized carbons (Fsp3) is 0.250. The van der Waals surface area contributed by atoms with E-state index in [0.717, 1.165) is 19.3 Å². The van der Waals surface area contributed by atoms with Crippen LogP contribution in [-0.4, -0.2) is 46.6 Å². The minimum atomic E-state index is -4.49. The van der Waals surface area contributed by atoms with E-state index in [-0.39, 0.29) is 5.56 Å². The van der Waals surface area contributed by atoms with Gasteiger partial charge in [0.05, 0.1) is 5.56 Å². The van der Waals surface area contributed by atoms with Crippen LogP contribution < -0.4 is 0 Å². The molecule has 5 nitrogen and oxygen atoms in total. The molecule has 0 bridgehead atoms. The summed E-state index contributed by atoms with van der Waals surface area (Å²) in [7, 11) is 1.02. The molecule has 0 aliphatic carbocycles. The van der Waals surface area contributed by atoms with E-state index in [9.17, 15) is 22.8 Å². The summed E-state index contributed by atoms with van der Waals surface area (Å²) in [6, 6.07) is 1.27. The number of aliphatic carboxylic acids is 1. The Bertz CT molecular complexity index is 541. The van der Waals surface area contributed by atoms with E-state index in [1.807, 2.05) is 0 Å². The Kier molecular flexibility index (Phi) is 4.84. The standard InChI is InChI=1S/C12H11F3N2O3/c1-17(7-12(13,14)15)11(20)9-4-8(5-16-6-9)2-3-10(18)19/h2-6H,7H2,1H3,(H,18,19). The Morgan fingerprint density at radius 3 is 2.60 bits per heavy atom. The Balaban J connectivity index is 2.89. The summed E-state index contributed by atoms with van der Waals surface area (Å²) in [4.78, 5) is 26.3. The zero-order valence-electron chi connectivity index (χ0n) is 10.4. The normalized spacial score (nSPS) is 11.6. The van der Waals surface area contributed by atoms with Crippen LogP contribution >= 0.6 is 0 Å². The van der Waals surface area contributed by atoms with Crippen molar-refractivity contribution in [2.24, 2.45) is 0 Å². The molecular weight excluding hydrogens is 277 g/mol. The predicted octanol–water partition coefficient (Wildman–Crippen LogP) is 1.81. The van der Waals surface area contributed by atoms with Crippen molar-refractivity contribution in [3.63, 3.8) is 0 Å². The van der Waals surface area contributed by atoms with Crippen molar-refractivity contribution in [1.29, 1.82) is 0 Å². The number of carboxylic acid groups (broad SMARTS) is 1. The first kappa shape index (κ1) is 15.7. The summed E-state index contributed by atoms with van der Waals surface area (Å²) < 4.78 is 36.6. The smallest absolute Gasteiger partial charge is 0.406 e. The Labute approximate surface area is 112 Å². The lowest BCUT2D eigenvalue weighted by atomic mass is 10.2. The average molecular weight is 288 g/mol. The van der Waals surface area contributed by atoms with Crippen molar-refractivity contribution in [3.8, 4) is 0 Å². The number of aromatic nitrogens is 1. The molecule has 0 atom stereocenters. The number of carbonyl (C=O) groups is 2. The van der Waals surface area contributed by atoms with Gasteiger partial charge in [-0.25, -0.2) is 4.79 Å². The first-order valence-corrected chi connectivity index (χ1v) is 5.37. The number of hydrogen-bond donors (Lipinski definition) is 1. The van der Waals surface area contributed by atoms with Crippen molar-refractivity contribution in [1.82, 2.24) is 9.88 Å². The summed E-state index contributed by atoms with van der Waals surface area (Å²) in [5, 5.41) is 8.46. The topological polar surface area (TPSA) is 70.5 Å². The van der Waals surface area contributed by atoms with Crippen LogP contribution in [0.25, 0.3) is 6.08 Å². The molecule has 1 aromatic rings. The third-order valence-electron chi connectivity index (χ3n) is 2.19. The SMILES string of the molecule is CN(CC(F)(F)F)C(=O)c1cncc(C=CC(=O)O)c1. The molecule has 0 fully saturated rings. The predicted molar refractivity (Wildman–Crippen MR) is 63.9 cm³/mol. The lowest BCUT2D eigenvalue weighted by Crippen LogP contribution is -2.35. The lowest BCUT2D eigenvalue weighted by molar-refractivity contribution is -0.138. The van der Waals surface area contributed by atoms with Gasteiger partial charge in [0.15, 0.2) is 0 Å². The molecular formula is C12H11F3N2O3. The highest BCUT2D eigenvalue weighted by Gasteiger charge is 2.31. The maximum Gasteiger partial charge on any atom is 0.406 e. The molecule has 1 amide bonds. The summed E-state index contributed by atoms with van der Waals surface area (Å²) in [6.07, 6.45) is -0.0491. The van der Waals surface area contributed by atoms with Gasteiger partial charge in [-0.15, -0.1) is 0 Å². The van der Waals surface area contributed by atoms with Crippen LogP contribution in [-0.2, 0) is 4.79 Å². The Morgan fingerprint density at radius 1 is 1.40 bits per heavy atom. The molecule has 0 radical (unpaired) electrons. The Hall–Kier alpha value is -2.38. The molecule has 1 heterocycles. The van der Waals surface area contributed by atoms with E-state index in [0.29, 0.717) is 10.5 Å². The fourth-order valence-electron chi connectivity index (χ4n) is 1.39. The molecule has 0 aromatic carbocycles. The number of amides is 1. The second-order valence-corrected chi connectivity index (χ2v) is 3.95. The van der Waals surface area contributed by atoms with Crippen LogP contribution in [0.15, 0.2) is 24.5 Å².